The van der Waals surface area contributed by atoms with Gasteiger partial charge in [-0.05, 0) is 66.3 Å². The van der Waals surface area contributed by atoms with Gasteiger partial charge < -0.3 is 9.88 Å². The maximum absolute atomic E-state index is 11.2. The fourth-order valence-electron chi connectivity index (χ4n) is 5.43. The molecule has 0 radical (unpaired) electrons. The SMILES string of the molecule is Brc1cccc2c3c([nH]c12)C1CCCN(C3)C1.O=C1CCN2CCCC1C2. The van der Waals surface area contributed by atoms with Crippen molar-refractivity contribution in [3.05, 3.63) is 33.9 Å². The van der Waals surface area contributed by atoms with Crippen molar-refractivity contribution in [1.82, 2.24) is 14.8 Å². The molecule has 0 amide bonds. The lowest BCUT2D eigenvalue weighted by atomic mass is 9.88. The third kappa shape index (κ3) is 3.39. The molecule has 6 rings (SSSR count). The lowest BCUT2D eigenvalue weighted by molar-refractivity contribution is -0.127. The van der Waals surface area contributed by atoms with Crippen LogP contribution in [0.5, 0.6) is 0 Å². The Balaban J connectivity index is 0.000000137. The van der Waals surface area contributed by atoms with Gasteiger partial charge in [-0.3, -0.25) is 9.69 Å². The van der Waals surface area contributed by atoms with Crippen LogP contribution < -0.4 is 0 Å². The molecule has 4 atom stereocenters. The van der Waals surface area contributed by atoms with Gasteiger partial charge in [0, 0.05) is 60.0 Å². The molecule has 0 aliphatic carbocycles. The van der Waals surface area contributed by atoms with E-state index in [2.05, 4.69) is 48.9 Å². The molecule has 144 valence electrons. The van der Waals surface area contributed by atoms with E-state index in [-0.39, 0.29) is 0 Å². The van der Waals surface area contributed by atoms with Crippen LogP contribution in [0, 0.1) is 5.92 Å². The minimum absolute atomic E-state index is 0.405. The summed E-state index contributed by atoms with van der Waals surface area (Å²) in [6.45, 7) is 6.95. The number of hydrogen-bond donors (Lipinski definition) is 1. The number of aromatic nitrogens is 1. The number of Topliss-reactive ketones (excluding diaryl/α,β-unsaturated/α-hetero) is 1. The van der Waals surface area contributed by atoms with E-state index in [0.717, 1.165) is 38.4 Å². The highest BCUT2D eigenvalue weighted by Gasteiger charge is 2.31. The summed E-state index contributed by atoms with van der Waals surface area (Å²) in [5.74, 6) is 1.64. The molecule has 5 heteroatoms. The van der Waals surface area contributed by atoms with E-state index in [1.54, 1.807) is 0 Å². The number of rotatable bonds is 0. The van der Waals surface area contributed by atoms with Gasteiger partial charge in [0.2, 0.25) is 0 Å². The Bertz CT molecular complexity index is 861. The summed E-state index contributed by atoms with van der Waals surface area (Å²) in [4.78, 5) is 19.9. The number of aromatic amines is 1. The van der Waals surface area contributed by atoms with Gasteiger partial charge in [0.15, 0.2) is 0 Å². The highest BCUT2D eigenvalue weighted by molar-refractivity contribution is 9.10. The van der Waals surface area contributed by atoms with Crippen molar-refractivity contribution in [2.45, 2.75) is 44.6 Å². The Hall–Kier alpha value is -1.17. The van der Waals surface area contributed by atoms with Crippen molar-refractivity contribution in [3.8, 4) is 0 Å². The van der Waals surface area contributed by atoms with E-state index >= 15 is 0 Å². The number of nitrogens with one attached hydrogen (secondary N) is 1. The van der Waals surface area contributed by atoms with Crippen LogP contribution in [-0.4, -0.2) is 53.3 Å². The Morgan fingerprint density at radius 2 is 1.78 bits per heavy atom. The van der Waals surface area contributed by atoms with Crippen molar-refractivity contribution in [2.75, 3.05) is 32.7 Å². The van der Waals surface area contributed by atoms with Gasteiger partial charge in [-0.25, -0.2) is 0 Å². The van der Waals surface area contributed by atoms with Gasteiger partial charge in [-0.1, -0.05) is 12.1 Å². The lowest BCUT2D eigenvalue weighted by Gasteiger charge is -2.37. The molecule has 3 saturated heterocycles. The van der Waals surface area contributed by atoms with Crippen molar-refractivity contribution in [2.24, 2.45) is 5.92 Å². The zero-order valence-electron chi connectivity index (χ0n) is 15.8. The molecule has 4 unspecified atom stereocenters. The molecule has 1 aromatic heterocycles. The Labute approximate surface area is 169 Å². The average molecular weight is 430 g/mol. The lowest BCUT2D eigenvalue weighted by Crippen LogP contribution is -2.44. The van der Waals surface area contributed by atoms with Crippen LogP contribution in [0.15, 0.2) is 22.7 Å². The van der Waals surface area contributed by atoms with Gasteiger partial charge in [-0.15, -0.1) is 0 Å². The Morgan fingerprint density at radius 3 is 2.63 bits per heavy atom. The molecule has 0 spiro atoms. The summed E-state index contributed by atoms with van der Waals surface area (Å²) >= 11 is 3.65. The number of benzene rings is 1. The number of para-hydroxylation sites is 1. The van der Waals surface area contributed by atoms with Crippen LogP contribution in [0.1, 0.15) is 49.3 Å². The van der Waals surface area contributed by atoms with Crippen molar-refractivity contribution in [1.29, 1.82) is 0 Å². The molecular weight excluding hydrogens is 402 g/mol. The minimum atomic E-state index is 0.405. The first-order chi connectivity index (χ1) is 13.2. The van der Waals surface area contributed by atoms with Gasteiger partial charge in [0.25, 0.3) is 0 Å². The van der Waals surface area contributed by atoms with Crippen LogP contribution in [0.3, 0.4) is 0 Å². The number of ketones is 1. The van der Waals surface area contributed by atoms with E-state index in [4.69, 9.17) is 0 Å². The number of fused-ring (bicyclic) bond motifs is 8. The third-order valence-corrected chi connectivity index (χ3v) is 7.52. The number of hydrogen-bond acceptors (Lipinski definition) is 3. The predicted octanol–water partition coefficient (Wildman–Crippen LogP) is 4.29. The summed E-state index contributed by atoms with van der Waals surface area (Å²) in [5, 5.41) is 1.41. The van der Waals surface area contributed by atoms with Gasteiger partial charge in [0.05, 0.1) is 5.52 Å². The fraction of sp³-hybridized carbons (Fsp3) is 0.591. The van der Waals surface area contributed by atoms with E-state index in [0.29, 0.717) is 11.7 Å². The summed E-state index contributed by atoms with van der Waals surface area (Å²) < 4.78 is 1.19. The van der Waals surface area contributed by atoms with Crippen molar-refractivity contribution in [3.63, 3.8) is 0 Å². The number of piperidine rings is 3. The number of carbonyl (C=O) groups is 1. The summed E-state index contributed by atoms with van der Waals surface area (Å²) in [7, 11) is 0. The topological polar surface area (TPSA) is 39.3 Å². The van der Waals surface area contributed by atoms with E-state index < -0.39 is 0 Å². The van der Waals surface area contributed by atoms with Crippen molar-refractivity contribution < 1.29 is 4.79 Å². The molecule has 5 heterocycles. The smallest absolute Gasteiger partial charge is 0.138 e. The van der Waals surface area contributed by atoms with Gasteiger partial charge in [0.1, 0.15) is 5.78 Å². The highest BCUT2D eigenvalue weighted by atomic mass is 79.9. The third-order valence-electron chi connectivity index (χ3n) is 6.85. The second-order valence-corrected chi connectivity index (χ2v) is 9.46. The molecule has 1 aromatic carbocycles. The van der Waals surface area contributed by atoms with Crippen LogP contribution in [-0.2, 0) is 11.3 Å². The minimum Gasteiger partial charge on any atom is -0.357 e. The fourth-order valence-corrected chi connectivity index (χ4v) is 5.89. The zero-order chi connectivity index (χ0) is 18.4. The number of carbonyl (C=O) groups excluding carboxylic acids is 1. The second kappa shape index (κ2) is 7.34. The monoisotopic (exact) mass is 429 g/mol. The first kappa shape index (κ1) is 17.9. The molecular formula is C22H28BrN3O. The maximum atomic E-state index is 11.2. The molecule has 4 nitrogen and oxygen atoms in total. The van der Waals surface area contributed by atoms with Crippen LogP contribution in [0.4, 0.5) is 0 Å². The van der Waals surface area contributed by atoms with E-state index in [9.17, 15) is 4.79 Å². The van der Waals surface area contributed by atoms with Gasteiger partial charge in [-0.2, -0.15) is 0 Å². The standard InChI is InChI=1S/C14H15BrN2.C8H13NO/c15-12-5-1-4-10-11-8-17-6-2-3-9(7-17)13(11)16-14(10)12;10-8-3-5-9-4-1-2-7(8)6-9/h1,4-5,9,16H,2-3,6-8H2;7H,1-6H2. The first-order valence-corrected chi connectivity index (χ1v) is 11.2. The van der Waals surface area contributed by atoms with E-state index in [1.165, 1.54) is 65.5 Å². The molecule has 27 heavy (non-hydrogen) atoms. The molecule has 4 bridgehead atoms. The molecule has 4 aliphatic rings. The van der Waals surface area contributed by atoms with Crippen LogP contribution in [0.25, 0.3) is 10.9 Å². The summed E-state index contributed by atoms with van der Waals surface area (Å²) in [6, 6.07) is 6.51. The molecule has 4 aliphatic heterocycles. The molecule has 2 aromatic rings. The van der Waals surface area contributed by atoms with E-state index in [1.807, 2.05) is 0 Å². The number of halogens is 1. The van der Waals surface area contributed by atoms with Gasteiger partial charge >= 0.3 is 0 Å². The normalized spacial score (nSPS) is 31.8. The van der Waals surface area contributed by atoms with Crippen molar-refractivity contribution >= 4 is 32.6 Å². The predicted molar refractivity (Wildman–Crippen MR) is 112 cm³/mol. The average Bonchev–Trinajstić information content (AvgIpc) is 3.07. The number of H-pyrrole nitrogens is 1. The zero-order valence-corrected chi connectivity index (χ0v) is 17.4. The largest absolute Gasteiger partial charge is 0.357 e. The maximum Gasteiger partial charge on any atom is 0.138 e. The van der Waals surface area contributed by atoms with Crippen LogP contribution in [0.2, 0.25) is 0 Å². The molecule has 0 saturated carbocycles. The molecule has 1 N–H and O–H groups in total. The molecule has 3 fully saturated rings. The highest BCUT2D eigenvalue weighted by Crippen LogP contribution is 2.39. The Morgan fingerprint density at radius 1 is 1.00 bits per heavy atom. The first-order valence-electron chi connectivity index (χ1n) is 10.5. The number of nitrogens with zero attached hydrogens (tertiary/aromatic N) is 2. The Kier molecular flexibility index (Phi) is 4.87. The second-order valence-electron chi connectivity index (χ2n) is 8.61. The summed E-state index contributed by atoms with van der Waals surface area (Å²) in [6.07, 6.45) is 5.88. The van der Waals surface area contributed by atoms with Crippen LogP contribution >= 0.6 is 15.9 Å². The quantitative estimate of drug-likeness (QED) is 0.678. The summed E-state index contributed by atoms with van der Waals surface area (Å²) in [5.41, 5.74) is 4.33.